The van der Waals surface area contributed by atoms with Crippen LogP contribution in [0.2, 0.25) is 0 Å². The summed E-state index contributed by atoms with van der Waals surface area (Å²) in [5.74, 6) is 1.13. The minimum absolute atomic E-state index is 0.0664. The number of methoxy groups -OCH3 is 1. The fourth-order valence-corrected chi connectivity index (χ4v) is 3.32. The molecule has 2 aromatic rings. The predicted octanol–water partition coefficient (Wildman–Crippen LogP) is 4.25. The Hall–Kier alpha value is -3.02. The highest BCUT2D eigenvalue weighted by molar-refractivity contribution is 6.07. The molecule has 1 aliphatic heterocycles. The SMILES string of the molecule is COc1ccc(C2CC(CC(=O)Nc3cc(C(C)C)c(O)cc3C)=NN2)cc1. The summed E-state index contributed by atoms with van der Waals surface area (Å²) in [6.07, 6.45) is 0.919. The Labute approximate surface area is 165 Å². The molecule has 3 rings (SSSR count). The lowest BCUT2D eigenvalue weighted by molar-refractivity contribution is -0.115. The average Bonchev–Trinajstić information content (AvgIpc) is 3.12. The van der Waals surface area contributed by atoms with Crippen molar-refractivity contribution in [1.29, 1.82) is 0 Å². The summed E-state index contributed by atoms with van der Waals surface area (Å²) >= 11 is 0. The molecule has 28 heavy (non-hydrogen) atoms. The Kier molecular flexibility index (Phi) is 5.87. The van der Waals surface area contributed by atoms with Gasteiger partial charge in [0.1, 0.15) is 11.5 Å². The number of carbonyl (C=O) groups is 1. The van der Waals surface area contributed by atoms with E-state index in [4.69, 9.17) is 4.74 Å². The van der Waals surface area contributed by atoms with Gasteiger partial charge < -0.3 is 20.6 Å². The third-order valence-corrected chi connectivity index (χ3v) is 4.97. The number of ether oxygens (including phenoxy) is 1. The Morgan fingerprint density at radius 2 is 2.04 bits per heavy atom. The number of amides is 1. The third kappa shape index (κ3) is 4.44. The number of phenolic OH excluding ortho intramolecular Hbond substituents is 1. The first-order chi connectivity index (χ1) is 13.4. The maximum absolute atomic E-state index is 12.5. The molecule has 0 spiro atoms. The summed E-state index contributed by atoms with van der Waals surface area (Å²) in [4.78, 5) is 12.5. The Morgan fingerprint density at radius 3 is 2.68 bits per heavy atom. The highest BCUT2D eigenvalue weighted by Gasteiger charge is 2.22. The summed E-state index contributed by atoms with van der Waals surface area (Å²) in [5.41, 5.74) is 7.41. The van der Waals surface area contributed by atoms with E-state index in [1.807, 2.05) is 51.1 Å². The number of nitrogens with zero attached hydrogens (tertiary/aromatic N) is 1. The average molecular weight is 381 g/mol. The van der Waals surface area contributed by atoms with Gasteiger partial charge in [0.2, 0.25) is 5.91 Å². The summed E-state index contributed by atoms with van der Waals surface area (Å²) < 4.78 is 5.18. The van der Waals surface area contributed by atoms with Gasteiger partial charge >= 0.3 is 0 Å². The van der Waals surface area contributed by atoms with E-state index in [-0.39, 0.29) is 30.0 Å². The van der Waals surface area contributed by atoms with Crippen LogP contribution in [0, 0.1) is 6.92 Å². The van der Waals surface area contributed by atoms with Crippen molar-refractivity contribution in [2.45, 2.75) is 45.6 Å². The zero-order valence-corrected chi connectivity index (χ0v) is 16.7. The van der Waals surface area contributed by atoms with E-state index in [0.29, 0.717) is 6.42 Å². The number of phenols is 1. The minimum atomic E-state index is -0.112. The van der Waals surface area contributed by atoms with Crippen molar-refractivity contribution in [3.05, 3.63) is 53.1 Å². The lowest BCUT2D eigenvalue weighted by Crippen LogP contribution is -2.17. The van der Waals surface area contributed by atoms with Crippen molar-refractivity contribution >= 4 is 17.3 Å². The third-order valence-electron chi connectivity index (χ3n) is 4.97. The van der Waals surface area contributed by atoms with Crippen LogP contribution in [0.15, 0.2) is 41.5 Å². The lowest BCUT2D eigenvalue weighted by Gasteiger charge is -2.14. The molecule has 0 radical (unpaired) electrons. The molecule has 2 aromatic carbocycles. The Balaban J connectivity index is 1.60. The Morgan fingerprint density at radius 1 is 1.32 bits per heavy atom. The number of hydrogen-bond acceptors (Lipinski definition) is 5. The first kappa shape index (κ1) is 19.7. The Bertz CT molecular complexity index is 889. The second-order valence-corrected chi connectivity index (χ2v) is 7.44. The van der Waals surface area contributed by atoms with Crippen LogP contribution in [-0.4, -0.2) is 23.8 Å². The molecule has 0 bridgehead atoms. The van der Waals surface area contributed by atoms with Crippen molar-refractivity contribution < 1.29 is 14.6 Å². The molecule has 1 atom stereocenters. The van der Waals surface area contributed by atoms with Crippen molar-refractivity contribution in [1.82, 2.24) is 5.43 Å². The standard InChI is InChI=1S/C22H27N3O3/c1-13(2)18-12-19(14(3)9-21(18)26)23-22(27)11-16-10-20(25-24-16)15-5-7-17(28-4)8-6-15/h5-9,12-13,20,25-26H,10-11H2,1-4H3,(H,23,27). The first-order valence-corrected chi connectivity index (χ1v) is 9.45. The van der Waals surface area contributed by atoms with Crippen LogP contribution < -0.4 is 15.5 Å². The fourth-order valence-electron chi connectivity index (χ4n) is 3.32. The van der Waals surface area contributed by atoms with E-state index in [2.05, 4.69) is 15.8 Å². The van der Waals surface area contributed by atoms with Crippen LogP contribution in [0.25, 0.3) is 0 Å². The van der Waals surface area contributed by atoms with Crippen LogP contribution in [0.5, 0.6) is 11.5 Å². The number of hydrogen-bond donors (Lipinski definition) is 3. The molecule has 0 aliphatic carbocycles. The molecule has 0 fully saturated rings. The van der Waals surface area contributed by atoms with E-state index in [9.17, 15) is 9.90 Å². The number of rotatable bonds is 6. The van der Waals surface area contributed by atoms with Gasteiger partial charge in [-0.15, -0.1) is 0 Å². The van der Waals surface area contributed by atoms with Gasteiger partial charge in [0.15, 0.2) is 0 Å². The maximum atomic E-state index is 12.5. The number of aromatic hydroxyl groups is 1. The van der Waals surface area contributed by atoms with Gasteiger partial charge in [0.25, 0.3) is 0 Å². The highest BCUT2D eigenvalue weighted by Crippen LogP contribution is 2.31. The quantitative estimate of drug-likeness (QED) is 0.653. The van der Waals surface area contributed by atoms with E-state index < -0.39 is 0 Å². The monoisotopic (exact) mass is 381 g/mol. The van der Waals surface area contributed by atoms with Gasteiger partial charge in [-0.25, -0.2) is 0 Å². The van der Waals surface area contributed by atoms with Crippen LogP contribution in [-0.2, 0) is 4.79 Å². The molecule has 6 nitrogen and oxygen atoms in total. The first-order valence-electron chi connectivity index (χ1n) is 9.45. The smallest absolute Gasteiger partial charge is 0.230 e. The van der Waals surface area contributed by atoms with Crippen molar-refractivity contribution in [2.24, 2.45) is 5.10 Å². The summed E-state index contributed by atoms with van der Waals surface area (Å²) in [7, 11) is 1.64. The molecule has 0 saturated heterocycles. The summed E-state index contributed by atoms with van der Waals surface area (Å²) in [5, 5.41) is 17.4. The van der Waals surface area contributed by atoms with Crippen LogP contribution >= 0.6 is 0 Å². The van der Waals surface area contributed by atoms with E-state index in [0.717, 1.165) is 33.8 Å². The molecule has 1 amide bonds. The predicted molar refractivity (Wildman–Crippen MR) is 111 cm³/mol. The van der Waals surface area contributed by atoms with Crippen LogP contribution in [0.1, 0.15) is 55.3 Å². The zero-order valence-electron chi connectivity index (χ0n) is 16.7. The number of nitrogens with one attached hydrogen (secondary N) is 2. The number of hydrazone groups is 1. The van der Waals surface area contributed by atoms with Gasteiger partial charge in [0.05, 0.1) is 19.6 Å². The molecule has 1 heterocycles. The van der Waals surface area contributed by atoms with Crippen LogP contribution in [0.4, 0.5) is 5.69 Å². The minimum Gasteiger partial charge on any atom is -0.508 e. The lowest BCUT2D eigenvalue weighted by atomic mass is 9.99. The number of anilines is 1. The molecule has 6 heteroatoms. The molecule has 0 aromatic heterocycles. The van der Waals surface area contributed by atoms with E-state index >= 15 is 0 Å². The summed E-state index contributed by atoms with van der Waals surface area (Å²) in [6, 6.07) is 11.5. The number of carbonyl (C=O) groups excluding carboxylic acids is 1. The van der Waals surface area contributed by atoms with Crippen molar-refractivity contribution in [3.8, 4) is 11.5 Å². The maximum Gasteiger partial charge on any atom is 0.230 e. The highest BCUT2D eigenvalue weighted by atomic mass is 16.5. The number of aryl methyl sites for hydroxylation is 1. The molecular formula is C22H27N3O3. The van der Waals surface area contributed by atoms with Gasteiger partial charge in [-0.2, -0.15) is 5.10 Å². The van der Waals surface area contributed by atoms with Gasteiger partial charge in [-0.05, 0) is 53.8 Å². The molecular weight excluding hydrogens is 354 g/mol. The second-order valence-electron chi connectivity index (χ2n) is 7.44. The van der Waals surface area contributed by atoms with E-state index in [1.54, 1.807) is 13.2 Å². The molecule has 3 N–H and O–H groups in total. The number of benzene rings is 2. The second kappa shape index (κ2) is 8.33. The molecule has 1 aliphatic rings. The van der Waals surface area contributed by atoms with Gasteiger partial charge in [0, 0.05) is 17.8 Å². The van der Waals surface area contributed by atoms with Crippen molar-refractivity contribution in [3.63, 3.8) is 0 Å². The zero-order chi connectivity index (χ0) is 20.3. The van der Waals surface area contributed by atoms with Crippen molar-refractivity contribution in [2.75, 3.05) is 12.4 Å². The molecule has 148 valence electrons. The molecule has 1 unspecified atom stereocenters. The largest absolute Gasteiger partial charge is 0.508 e. The molecule has 0 saturated carbocycles. The van der Waals surface area contributed by atoms with Gasteiger partial charge in [-0.1, -0.05) is 26.0 Å². The van der Waals surface area contributed by atoms with E-state index in [1.165, 1.54) is 0 Å². The fraction of sp³-hybridized carbons (Fsp3) is 0.364. The topological polar surface area (TPSA) is 83.0 Å². The van der Waals surface area contributed by atoms with Crippen LogP contribution in [0.3, 0.4) is 0 Å². The van der Waals surface area contributed by atoms with Gasteiger partial charge in [-0.3, -0.25) is 4.79 Å². The summed E-state index contributed by atoms with van der Waals surface area (Å²) in [6.45, 7) is 5.89. The normalized spacial score (nSPS) is 15.9.